The molecular formula is C23H25N3O3S. The molecule has 0 spiro atoms. The summed E-state index contributed by atoms with van der Waals surface area (Å²) in [7, 11) is 0. The van der Waals surface area contributed by atoms with E-state index in [9.17, 15) is 9.59 Å². The van der Waals surface area contributed by atoms with Crippen molar-refractivity contribution in [3.8, 4) is 0 Å². The number of amides is 2. The quantitative estimate of drug-likeness (QED) is 0.566. The van der Waals surface area contributed by atoms with Crippen LogP contribution in [0.15, 0.2) is 65.2 Å². The monoisotopic (exact) mass is 423 g/mol. The topological polar surface area (TPSA) is 84.2 Å². The zero-order chi connectivity index (χ0) is 21.5. The Kier molecular flexibility index (Phi) is 7.30. The Labute approximate surface area is 180 Å². The van der Waals surface area contributed by atoms with E-state index in [1.54, 1.807) is 19.9 Å². The normalized spacial score (nSPS) is 12.8. The minimum absolute atomic E-state index is 0.133. The highest BCUT2D eigenvalue weighted by atomic mass is 32.2. The van der Waals surface area contributed by atoms with Crippen LogP contribution in [0.3, 0.4) is 0 Å². The first kappa shape index (κ1) is 21.6. The van der Waals surface area contributed by atoms with Gasteiger partial charge in [0.25, 0.3) is 0 Å². The predicted octanol–water partition coefficient (Wildman–Crippen LogP) is 4.26. The van der Waals surface area contributed by atoms with Gasteiger partial charge in [0.05, 0.1) is 17.0 Å². The third-order valence-electron chi connectivity index (χ3n) is 4.56. The molecule has 2 atom stereocenters. The lowest BCUT2D eigenvalue weighted by Crippen LogP contribution is -2.32. The number of nitrogens with zero attached hydrogens (tertiary/aromatic N) is 1. The summed E-state index contributed by atoms with van der Waals surface area (Å²) in [5, 5.41) is 9.12. The summed E-state index contributed by atoms with van der Waals surface area (Å²) in [6, 6.07) is 19.4. The molecule has 2 amide bonds. The number of anilines is 1. The zero-order valence-electron chi connectivity index (χ0n) is 17.2. The molecule has 0 saturated heterocycles. The number of carbonyl (C=O) groups is 2. The SMILES string of the molecule is Cc1ccc(C(NC(=O)CSC(C)C(=O)Nc2cc(C)on2)c2ccccc2)cc1. The van der Waals surface area contributed by atoms with E-state index in [0.717, 1.165) is 16.7 Å². The third kappa shape index (κ3) is 5.97. The number of aryl methyl sites for hydroxylation is 2. The summed E-state index contributed by atoms with van der Waals surface area (Å²) in [5.74, 6) is 0.804. The lowest BCUT2D eigenvalue weighted by molar-refractivity contribution is -0.119. The van der Waals surface area contributed by atoms with E-state index in [4.69, 9.17) is 4.52 Å². The van der Waals surface area contributed by atoms with Crippen molar-refractivity contribution in [3.63, 3.8) is 0 Å². The van der Waals surface area contributed by atoms with Gasteiger partial charge in [-0.3, -0.25) is 9.59 Å². The van der Waals surface area contributed by atoms with E-state index in [1.165, 1.54) is 11.8 Å². The summed E-state index contributed by atoms with van der Waals surface area (Å²) < 4.78 is 4.94. The molecule has 2 unspecified atom stereocenters. The molecule has 2 aromatic carbocycles. The van der Waals surface area contributed by atoms with E-state index in [0.29, 0.717) is 11.6 Å². The highest BCUT2D eigenvalue weighted by molar-refractivity contribution is 8.01. The van der Waals surface area contributed by atoms with Gasteiger partial charge in [0.15, 0.2) is 5.82 Å². The first-order valence-corrected chi connectivity index (χ1v) is 10.7. The summed E-state index contributed by atoms with van der Waals surface area (Å²) in [6.07, 6.45) is 0. The average molecular weight is 424 g/mol. The van der Waals surface area contributed by atoms with Crippen LogP contribution >= 0.6 is 11.8 Å². The molecule has 1 aromatic heterocycles. The van der Waals surface area contributed by atoms with Gasteiger partial charge in [0, 0.05) is 6.07 Å². The number of thioether (sulfide) groups is 1. The van der Waals surface area contributed by atoms with Crippen molar-refractivity contribution in [1.82, 2.24) is 10.5 Å². The Morgan fingerprint density at radius 2 is 1.70 bits per heavy atom. The van der Waals surface area contributed by atoms with Gasteiger partial charge in [-0.25, -0.2) is 0 Å². The Bertz CT molecular complexity index is 986. The molecule has 30 heavy (non-hydrogen) atoms. The fraction of sp³-hybridized carbons (Fsp3) is 0.261. The van der Waals surface area contributed by atoms with Crippen LogP contribution in [0, 0.1) is 13.8 Å². The highest BCUT2D eigenvalue weighted by Gasteiger charge is 2.20. The van der Waals surface area contributed by atoms with Gasteiger partial charge >= 0.3 is 0 Å². The van der Waals surface area contributed by atoms with Gasteiger partial charge in [0.2, 0.25) is 11.8 Å². The molecule has 1 heterocycles. The molecule has 0 aliphatic carbocycles. The molecular weight excluding hydrogens is 398 g/mol. The van der Waals surface area contributed by atoms with Gasteiger partial charge < -0.3 is 15.2 Å². The largest absolute Gasteiger partial charge is 0.360 e. The molecule has 0 saturated carbocycles. The van der Waals surface area contributed by atoms with Crippen LogP contribution in [0.25, 0.3) is 0 Å². The number of rotatable bonds is 8. The molecule has 0 bridgehead atoms. The van der Waals surface area contributed by atoms with Crippen LogP contribution in [-0.4, -0.2) is 28.0 Å². The third-order valence-corrected chi connectivity index (χ3v) is 5.70. The fourth-order valence-corrected chi connectivity index (χ4v) is 3.59. The molecule has 3 rings (SSSR count). The lowest BCUT2D eigenvalue weighted by atomic mass is 9.98. The maximum Gasteiger partial charge on any atom is 0.238 e. The second-order valence-corrected chi connectivity index (χ2v) is 8.42. The van der Waals surface area contributed by atoms with Crippen LogP contribution in [0.5, 0.6) is 0 Å². The van der Waals surface area contributed by atoms with Crippen molar-refractivity contribution in [3.05, 3.63) is 83.1 Å². The Balaban J connectivity index is 1.60. The molecule has 0 aliphatic heterocycles. The zero-order valence-corrected chi connectivity index (χ0v) is 18.0. The maximum absolute atomic E-state index is 12.7. The Morgan fingerprint density at radius 3 is 2.33 bits per heavy atom. The molecule has 2 N–H and O–H groups in total. The fourth-order valence-electron chi connectivity index (χ4n) is 2.90. The number of carbonyl (C=O) groups excluding carboxylic acids is 2. The first-order chi connectivity index (χ1) is 14.4. The van der Waals surface area contributed by atoms with Crippen LogP contribution in [0.2, 0.25) is 0 Å². The summed E-state index contributed by atoms with van der Waals surface area (Å²) >= 11 is 1.27. The second kappa shape index (κ2) is 10.1. The Morgan fingerprint density at radius 1 is 1.03 bits per heavy atom. The van der Waals surface area contributed by atoms with Gasteiger partial charge in [-0.2, -0.15) is 0 Å². The van der Waals surface area contributed by atoms with E-state index < -0.39 is 5.25 Å². The average Bonchev–Trinajstić information content (AvgIpc) is 3.16. The molecule has 0 aliphatic rings. The van der Waals surface area contributed by atoms with Crippen molar-refractivity contribution in [1.29, 1.82) is 0 Å². The molecule has 0 radical (unpaired) electrons. The van der Waals surface area contributed by atoms with Gasteiger partial charge in [-0.05, 0) is 31.9 Å². The van der Waals surface area contributed by atoms with Crippen molar-refractivity contribution >= 4 is 29.4 Å². The van der Waals surface area contributed by atoms with Crippen molar-refractivity contribution < 1.29 is 14.1 Å². The molecule has 7 heteroatoms. The highest BCUT2D eigenvalue weighted by Crippen LogP contribution is 2.23. The minimum atomic E-state index is -0.415. The number of benzene rings is 2. The lowest BCUT2D eigenvalue weighted by Gasteiger charge is -2.20. The van der Waals surface area contributed by atoms with Crippen molar-refractivity contribution in [2.45, 2.75) is 32.1 Å². The molecule has 3 aromatic rings. The van der Waals surface area contributed by atoms with E-state index in [2.05, 4.69) is 15.8 Å². The van der Waals surface area contributed by atoms with E-state index in [1.807, 2.05) is 61.5 Å². The standard InChI is InChI=1S/C23H25N3O3S/c1-15-9-11-19(12-10-15)22(18-7-5-4-6-8-18)25-21(27)14-30-17(3)23(28)24-20-13-16(2)29-26-20/h4-13,17,22H,14H2,1-3H3,(H,25,27)(H,24,26,28). The van der Waals surface area contributed by atoms with E-state index >= 15 is 0 Å². The number of hydrogen-bond donors (Lipinski definition) is 2. The van der Waals surface area contributed by atoms with Crippen LogP contribution in [0.1, 0.15) is 35.4 Å². The predicted molar refractivity (Wildman–Crippen MR) is 119 cm³/mol. The summed E-state index contributed by atoms with van der Waals surface area (Å²) in [6.45, 7) is 5.54. The maximum atomic E-state index is 12.7. The van der Waals surface area contributed by atoms with Crippen molar-refractivity contribution in [2.24, 2.45) is 0 Å². The van der Waals surface area contributed by atoms with Crippen LogP contribution < -0.4 is 10.6 Å². The van der Waals surface area contributed by atoms with Crippen molar-refractivity contribution in [2.75, 3.05) is 11.1 Å². The summed E-state index contributed by atoms with van der Waals surface area (Å²) in [5.41, 5.74) is 3.18. The number of aromatic nitrogens is 1. The van der Waals surface area contributed by atoms with Gasteiger partial charge in [-0.15, -0.1) is 11.8 Å². The summed E-state index contributed by atoms with van der Waals surface area (Å²) in [4.78, 5) is 25.0. The molecule has 6 nitrogen and oxygen atoms in total. The smallest absolute Gasteiger partial charge is 0.238 e. The second-order valence-electron chi connectivity index (χ2n) is 7.09. The van der Waals surface area contributed by atoms with Gasteiger partial charge in [-0.1, -0.05) is 65.3 Å². The van der Waals surface area contributed by atoms with E-state index in [-0.39, 0.29) is 23.6 Å². The van der Waals surface area contributed by atoms with Gasteiger partial charge in [0.1, 0.15) is 5.76 Å². The number of hydrogen-bond acceptors (Lipinski definition) is 5. The Hall–Kier alpha value is -3.06. The first-order valence-electron chi connectivity index (χ1n) is 9.69. The van der Waals surface area contributed by atoms with Crippen LogP contribution in [-0.2, 0) is 9.59 Å². The molecule has 0 fully saturated rings. The molecule has 156 valence electrons. The van der Waals surface area contributed by atoms with Crippen LogP contribution in [0.4, 0.5) is 5.82 Å². The minimum Gasteiger partial charge on any atom is -0.360 e. The number of nitrogens with one attached hydrogen (secondary N) is 2.